The van der Waals surface area contributed by atoms with Gasteiger partial charge in [0.05, 0.1) is 0 Å². The first-order valence-electron chi connectivity index (χ1n) is 34.5. The van der Waals surface area contributed by atoms with E-state index in [-0.39, 0.29) is 42.3 Å². The third-order valence-corrected chi connectivity index (χ3v) is 25.3. The molecular formula is C67H134O6P2-4. The van der Waals surface area contributed by atoms with Crippen LogP contribution in [0.3, 0.4) is 0 Å². The van der Waals surface area contributed by atoms with Crippen molar-refractivity contribution in [3.63, 3.8) is 0 Å². The van der Waals surface area contributed by atoms with Crippen LogP contribution in [0.1, 0.15) is 375 Å². The van der Waals surface area contributed by atoms with E-state index in [4.69, 9.17) is 9.05 Å². The molecule has 0 spiro atoms. The average molecular weight is 1100 g/mol. The van der Waals surface area contributed by atoms with E-state index in [9.17, 15) is 19.6 Å². The Kier molecular flexibility index (Phi) is 41.4. The average Bonchev–Trinajstić information content (AvgIpc) is 3.38. The van der Waals surface area contributed by atoms with E-state index >= 15 is 0 Å². The summed E-state index contributed by atoms with van der Waals surface area (Å²) in [5.74, 6) is 1.03. The van der Waals surface area contributed by atoms with Gasteiger partial charge in [-0.15, -0.1) is 0 Å². The van der Waals surface area contributed by atoms with Gasteiger partial charge in [-0.2, -0.15) is 0 Å². The third kappa shape index (κ3) is 36.0. The van der Waals surface area contributed by atoms with E-state index in [2.05, 4.69) is 41.5 Å². The van der Waals surface area contributed by atoms with Crippen molar-refractivity contribution in [1.82, 2.24) is 0 Å². The second-order valence-electron chi connectivity index (χ2n) is 26.5. The van der Waals surface area contributed by atoms with Crippen LogP contribution in [0, 0.1) is 17.3 Å². The zero-order valence-electron chi connectivity index (χ0n) is 51.8. The fourth-order valence-electron chi connectivity index (χ4n) is 13.6. The van der Waals surface area contributed by atoms with Gasteiger partial charge in [-0.1, -0.05) is 27.7 Å². The maximum absolute atomic E-state index is 14.8. The molecule has 2 rings (SSSR count). The van der Waals surface area contributed by atoms with Gasteiger partial charge in [0, 0.05) is 0 Å². The van der Waals surface area contributed by atoms with Crippen LogP contribution in [-0.2, 0) is 9.05 Å². The molecule has 2 aliphatic rings. The van der Waals surface area contributed by atoms with Gasteiger partial charge < -0.3 is 0 Å². The third-order valence-electron chi connectivity index (χ3n) is 19.0. The van der Waals surface area contributed by atoms with Gasteiger partial charge in [0.2, 0.25) is 0 Å². The number of hydrogen-bond donors (Lipinski definition) is 0. The number of rotatable bonds is 54. The molecule has 0 radical (unpaired) electrons. The van der Waals surface area contributed by atoms with Crippen LogP contribution in [-0.4, -0.2) is 36.9 Å². The van der Waals surface area contributed by atoms with Crippen molar-refractivity contribution in [1.29, 1.82) is 0 Å². The Labute approximate surface area is 470 Å². The van der Waals surface area contributed by atoms with Crippen molar-refractivity contribution in [3.8, 4) is 0 Å². The summed E-state index contributed by atoms with van der Waals surface area (Å²) in [5, 5.41) is 0. The summed E-state index contributed by atoms with van der Waals surface area (Å²) in [4.78, 5) is 59.0. The molecule has 0 aromatic rings. The Morgan fingerprint density at radius 1 is 0.267 bits per heavy atom. The summed E-state index contributed by atoms with van der Waals surface area (Å²) < 4.78 is 13.0. The summed E-state index contributed by atoms with van der Waals surface area (Å²) in [5.41, 5.74) is 0.104. The van der Waals surface area contributed by atoms with Crippen LogP contribution in [0.2, 0.25) is 0 Å². The van der Waals surface area contributed by atoms with Crippen molar-refractivity contribution in [2.24, 2.45) is 17.3 Å². The monoisotopic (exact) mass is 1100 g/mol. The molecule has 0 aliphatic heterocycles. The molecule has 0 unspecified atom stereocenters. The zero-order valence-corrected chi connectivity index (χ0v) is 53.5. The molecule has 0 aromatic carbocycles. The van der Waals surface area contributed by atoms with Crippen LogP contribution < -0.4 is 19.6 Å². The van der Waals surface area contributed by atoms with Crippen molar-refractivity contribution in [3.05, 3.63) is 0 Å². The zero-order chi connectivity index (χ0) is 54.7. The van der Waals surface area contributed by atoms with E-state index in [1.54, 1.807) is 0 Å². The van der Waals surface area contributed by atoms with E-state index in [1.807, 2.05) is 0 Å². The molecule has 75 heavy (non-hydrogen) atoms. The molecule has 0 amide bonds. The predicted molar refractivity (Wildman–Crippen MR) is 327 cm³/mol. The Morgan fingerprint density at radius 2 is 0.427 bits per heavy atom. The summed E-state index contributed by atoms with van der Waals surface area (Å²) in [6.07, 6.45) is 61.2. The molecule has 2 fully saturated rings. The molecular weight excluding hydrogens is 963 g/mol. The molecule has 0 heterocycles. The molecule has 0 bridgehead atoms. The molecule has 8 heteroatoms. The summed E-state index contributed by atoms with van der Waals surface area (Å²) in [6, 6.07) is 0. The molecule has 2 saturated carbocycles. The Bertz CT molecular complexity index is 1120. The first-order chi connectivity index (χ1) is 36.2. The van der Waals surface area contributed by atoms with Gasteiger partial charge in [-0.05, 0) is 0 Å². The van der Waals surface area contributed by atoms with E-state index in [0.29, 0.717) is 11.8 Å². The van der Waals surface area contributed by atoms with Gasteiger partial charge in [0.1, 0.15) is 0 Å². The van der Waals surface area contributed by atoms with Crippen molar-refractivity contribution in [2.45, 2.75) is 388 Å². The molecule has 6 nitrogen and oxygen atoms in total. The van der Waals surface area contributed by atoms with Gasteiger partial charge in [0.15, 0.2) is 0 Å². The van der Waals surface area contributed by atoms with Crippen LogP contribution in [0.5, 0.6) is 0 Å². The summed E-state index contributed by atoms with van der Waals surface area (Å²) in [7, 11) is -9.53. The van der Waals surface area contributed by atoms with Crippen molar-refractivity contribution in [2.75, 3.05) is 24.6 Å². The molecule has 0 N–H and O–H groups in total. The Morgan fingerprint density at radius 3 is 0.600 bits per heavy atom. The van der Waals surface area contributed by atoms with Gasteiger partial charge in [-0.3, -0.25) is 0 Å². The normalized spacial score (nSPS) is 20.0. The SMILES string of the molecule is CCCCCCCCCCCCCP([O-])([O-])(CCCCCCCCCCCCC)OC1CCC(C(C)(C)C2CCC(OP([O-])([O-])(CCCCCCCCCCCCC)CCCCCCCCCCCCC)CC2)CC1. The number of hydrogen-bond acceptors (Lipinski definition) is 6. The Hall–Kier alpha value is 0.620. The molecule has 452 valence electrons. The molecule has 0 saturated heterocycles. The van der Waals surface area contributed by atoms with Crippen molar-refractivity contribution < 1.29 is 28.6 Å². The molecule has 2 aliphatic carbocycles. The Balaban J connectivity index is 1.92. The summed E-state index contributed by atoms with van der Waals surface area (Å²) in [6.45, 7) is 14.0. The van der Waals surface area contributed by atoms with E-state index in [0.717, 1.165) is 128 Å². The minimum absolute atomic E-state index is 0.104. The second-order valence-corrected chi connectivity index (χ2v) is 33.6. The van der Waals surface area contributed by atoms with Crippen LogP contribution in [0.25, 0.3) is 0 Å². The first-order valence-corrected chi connectivity index (χ1v) is 39.2. The first kappa shape index (κ1) is 71.7. The van der Waals surface area contributed by atoms with Crippen LogP contribution in [0.15, 0.2) is 0 Å². The second kappa shape index (κ2) is 43.3. The quantitative estimate of drug-likeness (QED) is 0.0443. The van der Waals surface area contributed by atoms with Gasteiger partial charge >= 0.3 is 445 Å². The van der Waals surface area contributed by atoms with Crippen LogP contribution in [0.4, 0.5) is 0 Å². The predicted octanol–water partition coefficient (Wildman–Crippen LogP) is 20.4. The molecule has 0 atom stereocenters. The topological polar surface area (TPSA) is 111 Å². The fraction of sp³-hybridized carbons (Fsp3) is 1.00. The minimum atomic E-state index is -4.77. The van der Waals surface area contributed by atoms with E-state index < -0.39 is 14.6 Å². The maximum atomic E-state index is 14.8. The van der Waals surface area contributed by atoms with Crippen molar-refractivity contribution >= 4 is 14.6 Å². The van der Waals surface area contributed by atoms with E-state index in [1.165, 1.54) is 205 Å². The van der Waals surface area contributed by atoms with Gasteiger partial charge in [0.25, 0.3) is 0 Å². The fourth-order valence-corrected chi connectivity index (χ4v) is 19.5. The van der Waals surface area contributed by atoms with Gasteiger partial charge in [-0.25, -0.2) is 0 Å². The standard InChI is InChI=1S/C67H134O6P2/c1-7-11-15-19-23-27-31-35-39-43-47-59-74(68,69,60-48-44-40-36-32-28-24-20-16-12-8-2)72-65-55-51-63(52-56-65)67(5,6)64-53-57-66(58-54-64)73-75(70,71,61-49-45-41-37-33-29-25-21-17-13-9-3)62-50-46-42-38-34-30-26-22-18-14-10-4/h63-66H,7-62H2,1-6H3/q-4. The van der Waals surface area contributed by atoms with Crippen LogP contribution >= 0.6 is 14.6 Å². The number of unbranched alkanes of at least 4 members (excludes halogenated alkanes) is 40. The summed E-state index contributed by atoms with van der Waals surface area (Å²) >= 11 is 0. The molecule has 0 aromatic heterocycles.